The Bertz CT molecular complexity index is 566. The molecule has 0 aliphatic rings. The van der Waals surface area contributed by atoms with E-state index in [-0.39, 0.29) is 12.5 Å². The fourth-order valence-corrected chi connectivity index (χ4v) is 2.06. The number of carbonyl (C=O) groups excluding carboxylic acids is 1. The van der Waals surface area contributed by atoms with Gasteiger partial charge in [0.05, 0.1) is 0 Å². The lowest BCUT2D eigenvalue weighted by molar-refractivity contribution is -0.123. The molecule has 0 atom stereocenters. The molecule has 1 amide bonds. The van der Waals surface area contributed by atoms with Crippen molar-refractivity contribution in [1.29, 1.82) is 0 Å². The Morgan fingerprint density at radius 2 is 1.90 bits per heavy atom. The molecule has 0 aliphatic heterocycles. The Morgan fingerprint density at radius 1 is 1.10 bits per heavy atom. The molecule has 0 unspecified atom stereocenters. The monoisotopic (exact) mass is 271 g/mol. The molecule has 0 spiro atoms. The molecule has 0 heterocycles. The Morgan fingerprint density at radius 3 is 2.70 bits per heavy atom. The number of benzene rings is 2. The summed E-state index contributed by atoms with van der Waals surface area (Å²) in [6.07, 6.45) is 3.33. The van der Waals surface area contributed by atoms with Gasteiger partial charge in [-0.1, -0.05) is 50.1 Å². The Labute approximate surface area is 119 Å². The number of carbonyl (C=O) groups is 1. The third kappa shape index (κ3) is 4.26. The molecule has 106 valence electrons. The summed E-state index contributed by atoms with van der Waals surface area (Å²) in [5.41, 5.74) is 0. The SMILES string of the molecule is CCCCCNC(=O)COc1ccc2ccccc2c1. The number of nitrogens with one attached hydrogen (secondary N) is 1. The van der Waals surface area contributed by atoms with Gasteiger partial charge in [0.2, 0.25) is 0 Å². The first kappa shape index (κ1) is 14.4. The molecule has 0 saturated heterocycles. The summed E-state index contributed by atoms with van der Waals surface area (Å²) in [5.74, 6) is 0.668. The van der Waals surface area contributed by atoms with Crippen LogP contribution in [0.15, 0.2) is 42.5 Å². The van der Waals surface area contributed by atoms with Gasteiger partial charge in [-0.15, -0.1) is 0 Å². The minimum Gasteiger partial charge on any atom is -0.484 e. The van der Waals surface area contributed by atoms with Gasteiger partial charge in [0, 0.05) is 6.54 Å². The largest absolute Gasteiger partial charge is 0.484 e. The second-order valence-electron chi connectivity index (χ2n) is 4.85. The van der Waals surface area contributed by atoms with Gasteiger partial charge in [0.25, 0.3) is 5.91 Å². The van der Waals surface area contributed by atoms with Crippen molar-refractivity contribution in [2.45, 2.75) is 26.2 Å². The van der Waals surface area contributed by atoms with E-state index in [0.29, 0.717) is 0 Å². The third-order valence-electron chi connectivity index (χ3n) is 3.19. The minimum absolute atomic E-state index is 0.0609. The number of fused-ring (bicyclic) bond motifs is 1. The minimum atomic E-state index is -0.0609. The average Bonchev–Trinajstić information content (AvgIpc) is 2.49. The van der Waals surface area contributed by atoms with Gasteiger partial charge in [-0.2, -0.15) is 0 Å². The number of rotatable bonds is 7. The fraction of sp³-hybridized carbons (Fsp3) is 0.353. The predicted molar refractivity (Wildman–Crippen MR) is 82.0 cm³/mol. The lowest BCUT2D eigenvalue weighted by atomic mass is 10.1. The van der Waals surface area contributed by atoms with Crippen molar-refractivity contribution >= 4 is 16.7 Å². The zero-order chi connectivity index (χ0) is 14.2. The van der Waals surface area contributed by atoms with Gasteiger partial charge in [0.1, 0.15) is 5.75 Å². The average molecular weight is 271 g/mol. The van der Waals surface area contributed by atoms with E-state index in [9.17, 15) is 4.79 Å². The quantitative estimate of drug-likeness (QED) is 0.782. The van der Waals surface area contributed by atoms with Crippen LogP contribution in [0.4, 0.5) is 0 Å². The van der Waals surface area contributed by atoms with E-state index >= 15 is 0 Å². The Balaban J connectivity index is 1.81. The van der Waals surface area contributed by atoms with E-state index in [1.54, 1.807) is 0 Å². The van der Waals surface area contributed by atoms with Crippen molar-refractivity contribution in [3.63, 3.8) is 0 Å². The van der Waals surface area contributed by atoms with E-state index < -0.39 is 0 Å². The van der Waals surface area contributed by atoms with Gasteiger partial charge in [0.15, 0.2) is 6.61 Å². The zero-order valence-electron chi connectivity index (χ0n) is 11.9. The van der Waals surface area contributed by atoms with Crippen molar-refractivity contribution in [1.82, 2.24) is 5.32 Å². The van der Waals surface area contributed by atoms with Crippen LogP contribution in [0.2, 0.25) is 0 Å². The lowest BCUT2D eigenvalue weighted by Gasteiger charge is -2.08. The molecule has 20 heavy (non-hydrogen) atoms. The summed E-state index contributed by atoms with van der Waals surface area (Å²) in [6.45, 7) is 2.95. The zero-order valence-corrected chi connectivity index (χ0v) is 11.9. The van der Waals surface area contributed by atoms with Crippen molar-refractivity contribution in [2.75, 3.05) is 13.2 Å². The summed E-state index contributed by atoms with van der Waals surface area (Å²) in [4.78, 5) is 11.6. The van der Waals surface area contributed by atoms with Gasteiger partial charge < -0.3 is 10.1 Å². The number of hydrogen-bond acceptors (Lipinski definition) is 2. The molecule has 0 aliphatic carbocycles. The van der Waals surface area contributed by atoms with E-state index in [4.69, 9.17) is 4.74 Å². The molecule has 2 aromatic rings. The van der Waals surface area contributed by atoms with Crippen molar-refractivity contribution in [2.24, 2.45) is 0 Å². The van der Waals surface area contributed by atoms with Crippen molar-refractivity contribution in [3.8, 4) is 5.75 Å². The van der Waals surface area contributed by atoms with Crippen LogP contribution in [0.5, 0.6) is 5.75 Å². The van der Waals surface area contributed by atoms with Crippen molar-refractivity contribution in [3.05, 3.63) is 42.5 Å². The standard InChI is InChI=1S/C17H21NO2/c1-2-3-6-11-18-17(19)13-20-16-10-9-14-7-4-5-8-15(14)12-16/h4-5,7-10,12H,2-3,6,11,13H2,1H3,(H,18,19). The topological polar surface area (TPSA) is 38.3 Å². The summed E-state index contributed by atoms with van der Waals surface area (Å²) in [6, 6.07) is 13.9. The molecule has 2 rings (SSSR count). The molecule has 2 aromatic carbocycles. The predicted octanol–water partition coefficient (Wildman–Crippen LogP) is 3.53. The lowest BCUT2D eigenvalue weighted by Crippen LogP contribution is -2.29. The molecule has 0 fully saturated rings. The van der Waals surface area contributed by atoms with Crippen LogP contribution in [0.25, 0.3) is 10.8 Å². The van der Waals surface area contributed by atoms with Gasteiger partial charge in [-0.25, -0.2) is 0 Å². The van der Waals surface area contributed by atoms with Crippen LogP contribution < -0.4 is 10.1 Å². The Kier molecular flexibility index (Phi) is 5.42. The van der Waals surface area contributed by atoms with Crippen LogP contribution in [-0.2, 0) is 4.79 Å². The highest BCUT2D eigenvalue weighted by atomic mass is 16.5. The summed E-state index contributed by atoms with van der Waals surface area (Å²) >= 11 is 0. The van der Waals surface area contributed by atoms with E-state index in [1.807, 2.05) is 36.4 Å². The molecule has 0 radical (unpaired) electrons. The number of unbranched alkanes of at least 4 members (excludes halogenated alkanes) is 2. The van der Waals surface area contributed by atoms with E-state index in [1.165, 1.54) is 5.39 Å². The number of ether oxygens (including phenoxy) is 1. The van der Waals surface area contributed by atoms with Crippen LogP contribution >= 0.6 is 0 Å². The highest BCUT2D eigenvalue weighted by Crippen LogP contribution is 2.20. The molecule has 3 nitrogen and oxygen atoms in total. The first-order valence-corrected chi connectivity index (χ1v) is 7.18. The number of hydrogen-bond donors (Lipinski definition) is 1. The van der Waals surface area contributed by atoms with Gasteiger partial charge in [-0.3, -0.25) is 4.79 Å². The smallest absolute Gasteiger partial charge is 0.257 e. The maximum absolute atomic E-state index is 11.6. The number of amides is 1. The van der Waals surface area contributed by atoms with Crippen LogP contribution in [-0.4, -0.2) is 19.1 Å². The molecule has 0 bridgehead atoms. The molecule has 1 N–H and O–H groups in total. The molecular formula is C17H21NO2. The second-order valence-corrected chi connectivity index (χ2v) is 4.85. The van der Waals surface area contributed by atoms with Crippen LogP contribution in [0.3, 0.4) is 0 Å². The maximum atomic E-state index is 11.6. The summed E-state index contributed by atoms with van der Waals surface area (Å²) < 4.78 is 5.52. The van der Waals surface area contributed by atoms with Crippen molar-refractivity contribution < 1.29 is 9.53 Å². The summed E-state index contributed by atoms with van der Waals surface area (Å²) in [5, 5.41) is 5.15. The first-order valence-electron chi connectivity index (χ1n) is 7.18. The highest BCUT2D eigenvalue weighted by molar-refractivity contribution is 5.84. The molecular weight excluding hydrogens is 250 g/mol. The Hall–Kier alpha value is -2.03. The second kappa shape index (κ2) is 7.53. The normalized spacial score (nSPS) is 10.4. The summed E-state index contributed by atoms with van der Waals surface area (Å²) in [7, 11) is 0. The van der Waals surface area contributed by atoms with Gasteiger partial charge in [-0.05, 0) is 29.3 Å². The van der Waals surface area contributed by atoms with Gasteiger partial charge >= 0.3 is 0 Å². The van der Waals surface area contributed by atoms with Crippen LogP contribution in [0, 0.1) is 0 Å². The molecule has 0 aromatic heterocycles. The maximum Gasteiger partial charge on any atom is 0.257 e. The van der Waals surface area contributed by atoms with E-state index in [0.717, 1.165) is 36.9 Å². The van der Waals surface area contributed by atoms with Crippen LogP contribution in [0.1, 0.15) is 26.2 Å². The fourth-order valence-electron chi connectivity index (χ4n) is 2.06. The first-order chi connectivity index (χ1) is 9.79. The van der Waals surface area contributed by atoms with E-state index in [2.05, 4.69) is 18.3 Å². The molecule has 3 heteroatoms. The highest BCUT2D eigenvalue weighted by Gasteiger charge is 2.02. The molecule has 0 saturated carbocycles. The third-order valence-corrected chi connectivity index (χ3v) is 3.19.